The molecule has 2 aliphatic rings. The largest absolute Gasteiger partial charge is 0.315 e. The fourth-order valence-electron chi connectivity index (χ4n) is 1.95. The first kappa shape index (κ1) is 14.7. The van der Waals surface area contributed by atoms with Crippen LogP contribution >= 0.6 is 23.5 Å². The van der Waals surface area contributed by atoms with E-state index in [2.05, 4.69) is 5.43 Å². The van der Waals surface area contributed by atoms with Gasteiger partial charge in [-0.2, -0.15) is 5.26 Å². The third kappa shape index (κ3) is 2.50. The highest BCUT2D eigenvalue weighted by Crippen LogP contribution is 2.42. The topological polar surface area (TPSA) is 99.2 Å². The van der Waals surface area contributed by atoms with Crippen molar-refractivity contribution in [1.82, 2.24) is 5.43 Å². The molecule has 110 valence electrons. The first-order valence-electron chi connectivity index (χ1n) is 6.25. The van der Waals surface area contributed by atoms with Gasteiger partial charge in [-0.1, -0.05) is 41.7 Å². The molecule has 2 amide bonds. The molecule has 3 rings (SSSR count). The third-order valence-corrected chi connectivity index (χ3v) is 5.33. The normalized spacial score (nSPS) is 24.8. The second kappa shape index (κ2) is 5.88. The van der Waals surface area contributed by atoms with E-state index >= 15 is 0 Å². The predicted molar refractivity (Wildman–Crippen MR) is 86.0 cm³/mol. The molecule has 0 bridgehead atoms. The molecular weight excluding hydrogens is 320 g/mol. The number of benzene rings is 1. The number of rotatable bonds is 1. The summed E-state index contributed by atoms with van der Waals surface area (Å²) in [5.41, 5.74) is 9.46. The van der Waals surface area contributed by atoms with Crippen molar-refractivity contribution in [1.29, 1.82) is 5.26 Å². The molecule has 6 nitrogen and oxygen atoms in total. The van der Waals surface area contributed by atoms with E-state index in [0.29, 0.717) is 15.5 Å². The van der Waals surface area contributed by atoms with E-state index in [-0.39, 0.29) is 5.57 Å². The summed E-state index contributed by atoms with van der Waals surface area (Å²) in [4.78, 5) is 24.6. The molecule has 2 aliphatic heterocycles. The number of nitrogens with two attached hydrogens (primary N) is 1. The monoisotopic (exact) mass is 330 g/mol. The molecule has 3 N–H and O–H groups in total. The molecule has 1 atom stereocenters. The summed E-state index contributed by atoms with van der Waals surface area (Å²) in [6.07, 6.45) is 0. The Bertz CT molecular complexity index is 752. The van der Waals surface area contributed by atoms with Crippen molar-refractivity contribution in [3.63, 3.8) is 0 Å². The van der Waals surface area contributed by atoms with E-state index in [9.17, 15) is 9.59 Å². The Balaban J connectivity index is 1.95. The molecule has 0 aliphatic carbocycles. The number of para-hydroxylation sites is 1. The Morgan fingerprint density at radius 2 is 2.00 bits per heavy atom. The van der Waals surface area contributed by atoms with Crippen molar-refractivity contribution in [3.8, 4) is 6.07 Å². The lowest BCUT2D eigenvalue weighted by molar-refractivity contribution is -0.117. The molecule has 0 radical (unpaired) electrons. The Morgan fingerprint density at radius 3 is 2.64 bits per heavy atom. The number of nitrogens with one attached hydrogen (secondary N) is 1. The fourth-order valence-corrected chi connectivity index (χ4v) is 4.23. The van der Waals surface area contributed by atoms with Crippen molar-refractivity contribution in [3.05, 3.63) is 51.1 Å². The molecule has 2 heterocycles. The standard InChI is InChI=1S/C14H10N4O2S2/c15-6-8-7-21-14(22-11(8)16)10-12(19)17-18(13(10)20)9-4-2-1-3-5-9/h1-5,7,11H,16H2,(H,17,19)/b14-10-. The lowest BCUT2D eigenvalue weighted by atomic mass is 10.2. The summed E-state index contributed by atoms with van der Waals surface area (Å²) in [7, 11) is 0. The highest BCUT2D eigenvalue weighted by atomic mass is 32.2. The Hall–Kier alpha value is -2.21. The van der Waals surface area contributed by atoms with Crippen LogP contribution < -0.4 is 16.2 Å². The van der Waals surface area contributed by atoms with Gasteiger partial charge in [-0.3, -0.25) is 15.0 Å². The first-order valence-corrected chi connectivity index (χ1v) is 8.01. The van der Waals surface area contributed by atoms with Gasteiger partial charge in [0.1, 0.15) is 5.57 Å². The van der Waals surface area contributed by atoms with Crippen LogP contribution in [0.5, 0.6) is 0 Å². The lowest BCUT2D eigenvalue weighted by Crippen LogP contribution is -2.35. The quantitative estimate of drug-likeness (QED) is 0.597. The van der Waals surface area contributed by atoms with Gasteiger partial charge in [-0.05, 0) is 17.5 Å². The summed E-state index contributed by atoms with van der Waals surface area (Å²) in [6, 6.07) is 10.8. The van der Waals surface area contributed by atoms with Crippen molar-refractivity contribution in [2.75, 3.05) is 5.01 Å². The number of hydrazine groups is 1. The van der Waals surface area contributed by atoms with Gasteiger partial charge >= 0.3 is 0 Å². The van der Waals surface area contributed by atoms with E-state index in [1.54, 1.807) is 29.7 Å². The van der Waals surface area contributed by atoms with Gasteiger partial charge in [-0.25, -0.2) is 5.01 Å². The molecule has 8 heteroatoms. The molecule has 1 fully saturated rings. The smallest absolute Gasteiger partial charge is 0.284 e. The van der Waals surface area contributed by atoms with Gasteiger partial charge in [0.15, 0.2) is 0 Å². The number of carbonyl (C=O) groups excluding carboxylic acids is 2. The van der Waals surface area contributed by atoms with Gasteiger partial charge in [0.05, 0.1) is 26.9 Å². The van der Waals surface area contributed by atoms with Crippen LogP contribution in [-0.4, -0.2) is 17.2 Å². The number of hydrogen-bond donors (Lipinski definition) is 2. The van der Waals surface area contributed by atoms with E-state index in [1.807, 2.05) is 12.1 Å². The number of nitriles is 1. The van der Waals surface area contributed by atoms with Crippen LogP contribution in [0.3, 0.4) is 0 Å². The van der Waals surface area contributed by atoms with E-state index in [1.165, 1.54) is 16.8 Å². The summed E-state index contributed by atoms with van der Waals surface area (Å²) >= 11 is 2.31. The molecule has 1 aromatic carbocycles. The summed E-state index contributed by atoms with van der Waals surface area (Å²) in [5.74, 6) is -0.892. The third-order valence-electron chi connectivity index (χ3n) is 3.04. The van der Waals surface area contributed by atoms with E-state index in [4.69, 9.17) is 11.0 Å². The van der Waals surface area contributed by atoms with Crippen LogP contribution in [0.1, 0.15) is 0 Å². The maximum atomic E-state index is 12.5. The molecule has 0 saturated carbocycles. The van der Waals surface area contributed by atoms with Crippen LogP contribution in [0, 0.1) is 11.3 Å². The predicted octanol–water partition coefficient (Wildman–Crippen LogP) is 1.45. The lowest BCUT2D eigenvalue weighted by Gasteiger charge is -2.18. The number of nitrogens with zero attached hydrogens (tertiary/aromatic N) is 2. The van der Waals surface area contributed by atoms with E-state index < -0.39 is 17.2 Å². The zero-order valence-corrected chi connectivity index (χ0v) is 12.8. The SMILES string of the molecule is N#CC1=CS/C(=C2\C(=O)NN(c3ccccc3)C2=O)SC1N. The zero-order chi connectivity index (χ0) is 15.7. The average molecular weight is 330 g/mol. The van der Waals surface area contributed by atoms with Crippen LogP contribution in [-0.2, 0) is 9.59 Å². The van der Waals surface area contributed by atoms with E-state index in [0.717, 1.165) is 11.8 Å². The number of carbonyl (C=O) groups is 2. The minimum atomic E-state index is -0.569. The van der Waals surface area contributed by atoms with Crippen LogP contribution in [0.15, 0.2) is 51.1 Å². The minimum absolute atomic E-state index is 0.0579. The van der Waals surface area contributed by atoms with Crippen LogP contribution in [0.25, 0.3) is 0 Å². The minimum Gasteiger partial charge on any atom is -0.315 e. The molecule has 22 heavy (non-hydrogen) atoms. The van der Waals surface area contributed by atoms with Crippen LogP contribution in [0.2, 0.25) is 0 Å². The fraction of sp³-hybridized carbons (Fsp3) is 0.0714. The molecule has 1 aromatic rings. The second-order valence-corrected chi connectivity index (χ2v) is 6.71. The van der Waals surface area contributed by atoms with Crippen molar-refractivity contribution in [2.24, 2.45) is 5.73 Å². The molecular formula is C14H10N4O2S2. The van der Waals surface area contributed by atoms with Gasteiger partial charge in [0, 0.05) is 0 Å². The van der Waals surface area contributed by atoms with Crippen molar-refractivity contribution < 1.29 is 9.59 Å². The molecule has 1 unspecified atom stereocenters. The van der Waals surface area contributed by atoms with Gasteiger partial charge in [0.2, 0.25) is 0 Å². The summed E-state index contributed by atoms with van der Waals surface area (Å²) in [6.45, 7) is 0. The second-order valence-electron chi connectivity index (χ2n) is 4.42. The maximum Gasteiger partial charge on any atom is 0.284 e. The van der Waals surface area contributed by atoms with Gasteiger partial charge in [0.25, 0.3) is 11.8 Å². The number of hydrogen-bond acceptors (Lipinski definition) is 6. The van der Waals surface area contributed by atoms with Gasteiger partial charge < -0.3 is 5.73 Å². The molecule has 1 saturated heterocycles. The Kier molecular flexibility index (Phi) is 3.94. The highest BCUT2D eigenvalue weighted by molar-refractivity contribution is 8.24. The summed E-state index contributed by atoms with van der Waals surface area (Å²) in [5, 5.41) is 11.1. The van der Waals surface area contributed by atoms with Crippen molar-refractivity contribution >= 4 is 41.0 Å². The van der Waals surface area contributed by atoms with Crippen molar-refractivity contribution in [2.45, 2.75) is 5.37 Å². The Morgan fingerprint density at radius 1 is 1.27 bits per heavy atom. The molecule has 0 aromatic heterocycles. The number of thioether (sulfide) groups is 2. The zero-order valence-electron chi connectivity index (χ0n) is 11.1. The molecule has 0 spiro atoms. The first-order chi connectivity index (χ1) is 10.6. The average Bonchev–Trinajstić information content (AvgIpc) is 2.83. The summed E-state index contributed by atoms with van der Waals surface area (Å²) < 4.78 is 0.507. The maximum absolute atomic E-state index is 12.5. The Labute approximate surface area is 135 Å². The number of amides is 2. The van der Waals surface area contributed by atoms with Crippen LogP contribution in [0.4, 0.5) is 5.69 Å². The highest BCUT2D eigenvalue weighted by Gasteiger charge is 2.38. The van der Waals surface area contributed by atoms with Gasteiger partial charge in [-0.15, -0.1) is 0 Å². The number of anilines is 1.